The zero-order valence-corrected chi connectivity index (χ0v) is 5.00. The molecule has 0 unspecified atom stereocenters. The minimum Gasteiger partial charge on any atom is -0.234 e. The Morgan fingerprint density at radius 2 is 1.50 bits per heavy atom. The number of halogens is 2. The van der Waals surface area contributed by atoms with E-state index in [1.807, 2.05) is 0 Å². The lowest BCUT2D eigenvalue weighted by Crippen LogP contribution is -1.62. The summed E-state index contributed by atoms with van der Waals surface area (Å²) >= 11 is 9.56. The number of alkyl halides is 2. The first-order valence-corrected chi connectivity index (χ1v) is 3.18. The van der Waals surface area contributed by atoms with Gasteiger partial charge in [-0.3, -0.25) is 0 Å². The lowest BCUT2D eigenvalue weighted by Gasteiger charge is -1.72. The summed E-state index contributed by atoms with van der Waals surface area (Å²) in [5.41, 5.74) is 0. The number of hydrogen-bond acceptors (Lipinski definition) is 2. The maximum absolute atomic E-state index is 9.47. The zero-order valence-electron chi connectivity index (χ0n) is 2.60. The first kappa shape index (κ1) is 6.48. The van der Waals surface area contributed by atoms with E-state index < -0.39 is 12.3 Å². The smallest absolute Gasteiger partial charge is 0.234 e. The number of rotatable bonds is 1. The van der Waals surface area contributed by atoms with Gasteiger partial charge in [-0.05, 0) is 0 Å². The highest BCUT2D eigenvalue weighted by Crippen LogP contribution is 2.21. The lowest BCUT2D eigenvalue weighted by molar-refractivity contribution is 0.517. The molecule has 0 radical (unpaired) electrons. The second kappa shape index (κ2) is 2.62. The molecule has 0 aromatic rings. The Balaban J connectivity index is 3.57. The first-order valence-electron chi connectivity index (χ1n) is 1.06. The average Bonchev–Trinajstić information content (AvgIpc) is 1.36. The third-order valence-electron chi connectivity index (χ3n) is 0.159. The van der Waals surface area contributed by atoms with E-state index in [1.165, 1.54) is 0 Å². The molecule has 0 N–H and O–H groups in total. The van der Waals surface area contributed by atoms with Gasteiger partial charge in [0.15, 0.2) is 0 Å². The van der Waals surface area contributed by atoms with Crippen LogP contribution in [0.25, 0.3) is 0 Å². The average molecular weight is 147 g/mol. The molecule has 0 aromatic heterocycles. The van der Waals surface area contributed by atoms with Gasteiger partial charge in [0.2, 0.25) is 4.58 Å². The Bertz CT molecular complexity index is 87.7. The molecule has 36 valence electrons. The molecule has 0 bridgehead atoms. The van der Waals surface area contributed by atoms with E-state index in [-0.39, 0.29) is 0 Å². The van der Waals surface area contributed by atoms with E-state index in [0.717, 1.165) is 0 Å². The van der Waals surface area contributed by atoms with Crippen LogP contribution < -0.4 is 0 Å². The molecule has 0 saturated heterocycles. The minimum atomic E-state index is -2.63. The van der Waals surface area contributed by atoms with Gasteiger partial charge in [-0.15, -0.1) is 0 Å². The molecule has 0 spiro atoms. The van der Waals surface area contributed by atoms with Crippen molar-refractivity contribution in [1.82, 2.24) is 0 Å². The normalized spacial score (nSPS) is 9.17. The Hall–Kier alpha value is 0.480. The summed E-state index contributed by atoms with van der Waals surface area (Å²) < 4.78 is 17.7. The topological polar surface area (TPSA) is 34.1 Å². The highest BCUT2D eigenvalue weighted by molar-refractivity contribution is 7.37. The molecule has 6 heavy (non-hydrogen) atoms. The summed E-state index contributed by atoms with van der Waals surface area (Å²) in [6.07, 6.45) is 0. The second-order valence-electron chi connectivity index (χ2n) is 0.563. The van der Waals surface area contributed by atoms with Gasteiger partial charge in [-0.25, -0.2) is 9.13 Å². The van der Waals surface area contributed by atoms with Crippen molar-refractivity contribution in [3.63, 3.8) is 0 Å². The summed E-state index contributed by atoms with van der Waals surface area (Å²) in [5, 5.41) is 0. The molecule has 2 nitrogen and oxygen atoms in total. The van der Waals surface area contributed by atoms with Gasteiger partial charge in [0, 0.05) is 0 Å². The highest BCUT2D eigenvalue weighted by Gasteiger charge is 2.00. The van der Waals surface area contributed by atoms with E-state index >= 15 is 0 Å². The van der Waals surface area contributed by atoms with E-state index in [4.69, 9.17) is 23.2 Å². The fourth-order valence-corrected chi connectivity index (χ4v) is 0. The van der Waals surface area contributed by atoms with Gasteiger partial charge < -0.3 is 0 Å². The molecule has 0 aliphatic heterocycles. The molecule has 0 aliphatic rings. The maximum atomic E-state index is 9.47. The van der Waals surface area contributed by atoms with Crippen LogP contribution >= 0.6 is 30.9 Å². The van der Waals surface area contributed by atoms with Gasteiger partial charge in [0.25, 0.3) is 0 Å². The Morgan fingerprint density at radius 1 is 1.33 bits per heavy atom. The maximum Gasteiger partial charge on any atom is 0.349 e. The van der Waals surface area contributed by atoms with Crippen molar-refractivity contribution in [2.24, 2.45) is 0 Å². The van der Waals surface area contributed by atoms with Crippen molar-refractivity contribution >= 4 is 30.9 Å². The fraction of sp³-hybridized carbons (Fsp3) is 1.00. The summed E-state index contributed by atoms with van der Waals surface area (Å²) in [5.74, 6) is 0. The van der Waals surface area contributed by atoms with Crippen LogP contribution in [0.1, 0.15) is 0 Å². The van der Waals surface area contributed by atoms with Crippen LogP contribution in [0.3, 0.4) is 0 Å². The van der Waals surface area contributed by atoms with Crippen molar-refractivity contribution in [2.45, 2.75) is 4.58 Å². The monoisotopic (exact) mass is 146 g/mol. The van der Waals surface area contributed by atoms with Crippen LogP contribution in [0, 0.1) is 0 Å². The third-order valence-corrected chi connectivity index (χ3v) is 1.43. The highest BCUT2D eigenvalue weighted by atomic mass is 35.5. The van der Waals surface area contributed by atoms with Gasteiger partial charge in [-0.1, -0.05) is 23.2 Å². The van der Waals surface area contributed by atoms with Crippen molar-refractivity contribution in [3.05, 3.63) is 0 Å². The standard InChI is InChI=1S/CHCl2O2P/c2-1(3)6(4)5/h1H. The van der Waals surface area contributed by atoms with Gasteiger partial charge >= 0.3 is 7.68 Å². The largest absolute Gasteiger partial charge is 0.349 e. The molecule has 0 saturated carbocycles. The molecule has 0 amide bonds. The Kier molecular flexibility index (Phi) is 2.83. The molecule has 0 aliphatic carbocycles. The quantitative estimate of drug-likeness (QED) is 0.419. The van der Waals surface area contributed by atoms with Crippen LogP contribution in [0.4, 0.5) is 0 Å². The first-order chi connectivity index (χ1) is 2.64. The molecule has 0 fully saturated rings. The third kappa shape index (κ3) is 2.70. The van der Waals surface area contributed by atoms with E-state index in [1.54, 1.807) is 0 Å². The van der Waals surface area contributed by atoms with Gasteiger partial charge in [-0.2, -0.15) is 0 Å². The van der Waals surface area contributed by atoms with Crippen molar-refractivity contribution < 1.29 is 9.13 Å². The molecular formula is CHCl2O2P. The predicted octanol–water partition coefficient (Wildman–Crippen LogP) is 1.92. The fourth-order valence-electron chi connectivity index (χ4n) is 0. The second-order valence-corrected chi connectivity index (χ2v) is 3.35. The molecule has 0 heterocycles. The summed E-state index contributed by atoms with van der Waals surface area (Å²) in [6.45, 7) is 0. The summed E-state index contributed by atoms with van der Waals surface area (Å²) in [7, 11) is -2.63. The summed E-state index contributed by atoms with van der Waals surface area (Å²) in [6, 6.07) is 0. The molecule has 0 rings (SSSR count). The van der Waals surface area contributed by atoms with Crippen LogP contribution in [-0.2, 0) is 9.13 Å². The van der Waals surface area contributed by atoms with Crippen LogP contribution in [-0.4, -0.2) is 4.58 Å². The molecule has 0 atom stereocenters. The Morgan fingerprint density at radius 3 is 1.50 bits per heavy atom. The molecule has 0 aromatic carbocycles. The van der Waals surface area contributed by atoms with E-state index in [9.17, 15) is 9.13 Å². The summed E-state index contributed by atoms with van der Waals surface area (Å²) in [4.78, 5) is 0. The van der Waals surface area contributed by atoms with Crippen molar-refractivity contribution in [3.8, 4) is 0 Å². The van der Waals surface area contributed by atoms with Crippen LogP contribution in [0.15, 0.2) is 0 Å². The lowest BCUT2D eigenvalue weighted by atomic mass is 11.9. The van der Waals surface area contributed by atoms with Gasteiger partial charge in [0.1, 0.15) is 0 Å². The van der Waals surface area contributed by atoms with Crippen LogP contribution in [0.5, 0.6) is 0 Å². The molecular weight excluding hydrogens is 146 g/mol. The predicted molar refractivity (Wildman–Crippen MR) is 23.8 cm³/mol. The Labute approximate surface area is 45.3 Å². The van der Waals surface area contributed by atoms with Crippen molar-refractivity contribution in [2.75, 3.05) is 0 Å². The number of hydrogen-bond donors (Lipinski definition) is 0. The zero-order chi connectivity index (χ0) is 5.15. The minimum absolute atomic E-state index is 1.25. The van der Waals surface area contributed by atoms with E-state index in [2.05, 4.69) is 0 Å². The SMILES string of the molecule is O=P(=O)C(Cl)Cl. The molecule has 5 heteroatoms. The van der Waals surface area contributed by atoms with Gasteiger partial charge in [0.05, 0.1) is 0 Å². The van der Waals surface area contributed by atoms with Crippen LogP contribution in [0.2, 0.25) is 0 Å². The van der Waals surface area contributed by atoms with Crippen molar-refractivity contribution in [1.29, 1.82) is 0 Å². The van der Waals surface area contributed by atoms with E-state index in [0.29, 0.717) is 0 Å².